The highest BCUT2D eigenvalue weighted by Gasteiger charge is 2.27. The second-order valence-electron chi connectivity index (χ2n) is 5.43. The Bertz CT molecular complexity index is 559. The van der Waals surface area contributed by atoms with Crippen LogP contribution in [-0.4, -0.2) is 64.5 Å². The predicted octanol–water partition coefficient (Wildman–Crippen LogP) is 1.25. The maximum Gasteiger partial charge on any atom is 0.337 e. The Balaban J connectivity index is 2.17. The summed E-state index contributed by atoms with van der Waals surface area (Å²) in [6.45, 7) is 5.93. The molecule has 0 aromatic carbocycles. The average Bonchev–Trinajstić information content (AvgIpc) is 2.46. The number of rotatable bonds is 3. The summed E-state index contributed by atoms with van der Waals surface area (Å²) in [6.07, 6.45) is 0.991. The largest absolute Gasteiger partial charge is 0.478 e. The first kappa shape index (κ1) is 15.4. The fourth-order valence-corrected chi connectivity index (χ4v) is 2.64. The van der Waals surface area contributed by atoms with E-state index in [0.29, 0.717) is 30.5 Å². The molecule has 0 spiro atoms. The first-order chi connectivity index (χ1) is 9.93. The fourth-order valence-electron chi connectivity index (χ4n) is 2.64. The summed E-state index contributed by atoms with van der Waals surface area (Å²) < 4.78 is 0. The third kappa shape index (κ3) is 3.21. The molecule has 0 saturated carbocycles. The number of carbonyl (C=O) groups is 2. The Labute approximate surface area is 124 Å². The van der Waals surface area contributed by atoms with Gasteiger partial charge in [-0.05, 0) is 32.5 Å². The predicted molar refractivity (Wildman–Crippen MR) is 78.5 cm³/mol. The summed E-state index contributed by atoms with van der Waals surface area (Å²) in [5.74, 6) is -1.15. The average molecular weight is 291 g/mol. The molecule has 1 fully saturated rings. The van der Waals surface area contributed by atoms with Crippen LogP contribution in [0.4, 0.5) is 0 Å². The molecule has 1 unspecified atom stereocenters. The maximum absolute atomic E-state index is 12.5. The van der Waals surface area contributed by atoms with Gasteiger partial charge in [0.25, 0.3) is 5.91 Å². The maximum atomic E-state index is 12.5. The Kier molecular flexibility index (Phi) is 4.57. The lowest BCUT2D eigenvalue weighted by atomic mass is 10.1. The minimum absolute atomic E-state index is 0.124. The molecule has 114 valence electrons. The lowest BCUT2D eigenvalue weighted by Gasteiger charge is -2.39. The van der Waals surface area contributed by atoms with Gasteiger partial charge in [-0.25, -0.2) is 9.78 Å². The van der Waals surface area contributed by atoms with Crippen LogP contribution < -0.4 is 0 Å². The lowest BCUT2D eigenvalue weighted by molar-refractivity contribution is 0.0535. The number of aromatic carboxylic acids is 1. The second-order valence-corrected chi connectivity index (χ2v) is 5.43. The molecule has 1 aromatic rings. The fraction of sp³-hybridized carbons (Fsp3) is 0.533. The van der Waals surface area contributed by atoms with Gasteiger partial charge in [0.2, 0.25) is 0 Å². The van der Waals surface area contributed by atoms with E-state index < -0.39 is 5.97 Å². The van der Waals surface area contributed by atoms with Crippen LogP contribution in [-0.2, 0) is 0 Å². The van der Waals surface area contributed by atoms with E-state index in [1.54, 1.807) is 11.8 Å². The molecular formula is C15H21N3O3. The third-order valence-corrected chi connectivity index (χ3v) is 4.07. The minimum atomic E-state index is -1.02. The highest BCUT2D eigenvalue weighted by molar-refractivity contribution is 5.94. The first-order valence-corrected chi connectivity index (χ1v) is 7.14. The van der Waals surface area contributed by atoms with Gasteiger partial charge in [0.1, 0.15) is 5.69 Å². The number of carboxylic acid groups (broad SMARTS) is 1. The van der Waals surface area contributed by atoms with E-state index in [2.05, 4.69) is 23.9 Å². The summed E-state index contributed by atoms with van der Waals surface area (Å²) in [4.78, 5) is 31.7. The highest BCUT2D eigenvalue weighted by Crippen LogP contribution is 2.14. The molecule has 6 heteroatoms. The molecule has 2 heterocycles. The zero-order valence-electron chi connectivity index (χ0n) is 12.7. The van der Waals surface area contributed by atoms with Crippen molar-refractivity contribution in [1.29, 1.82) is 0 Å². The van der Waals surface area contributed by atoms with Crippen LogP contribution >= 0.6 is 0 Å². The number of carboxylic acids is 1. The standard InChI is InChI=1S/C15H21N3O3/c1-4-11-9-18(8-7-17(11)3)14(19)13-6-5-12(15(20)21)10(2)16-13/h5-6,11H,4,7-9H2,1-3H3,(H,20,21). The molecule has 1 aliphatic rings. The Morgan fingerprint density at radius 3 is 2.67 bits per heavy atom. The van der Waals surface area contributed by atoms with Crippen LogP contribution in [0.15, 0.2) is 12.1 Å². The molecule has 0 radical (unpaired) electrons. The van der Waals surface area contributed by atoms with Crippen LogP contribution in [0.2, 0.25) is 0 Å². The van der Waals surface area contributed by atoms with Gasteiger partial charge in [-0.15, -0.1) is 0 Å². The number of amides is 1. The molecule has 1 saturated heterocycles. The van der Waals surface area contributed by atoms with Crippen molar-refractivity contribution in [2.75, 3.05) is 26.7 Å². The number of piperazine rings is 1. The third-order valence-electron chi connectivity index (χ3n) is 4.07. The van der Waals surface area contributed by atoms with Gasteiger partial charge in [-0.1, -0.05) is 6.92 Å². The number of aromatic nitrogens is 1. The smallest absolute Gasteiger partial charge is 0.337 e. The molecule has 1 atom stereocenters. The molecule has 21 heavy (non-hydrogen) atoms. The van der Waals surface area contributed by atoms with E-state index in [-0.39, 0.29) is 11.5 Å². The van der Waals surface area contributed by atoms with Gasteiger partial charge in [0.05, 0.1) is 11.3 Å². The van der Waals surface area contributed by atoms with Crippen molar-refractivity contribution < 1.29 is 14.7 Å². The van der Waals surface area contributed by atoms with Crippen molar-refractivity contribution in [2.24, 2.45) is 0 Å². The van der Waals surface area contributed by atoms with E-state index >= 15 is 0 Å². The molecule has 6 nitrogen and oxygen atoms in total. The van der Waals surface area contributed by atoms with E-state index in [1.165, 1.54) is 12.1 Å². The number of hydrogen-bond acceptors (Lipinski definition) is 4. The van der Waals surface area contributed by atoms with Gasteiger partial charge in [-0.2, -0.15) is 0 Å². The van der Waals surface area contributed by atoms with Gasteiger partial charge in [-0.3, -0.25) is 9.69 Å². The van der Waals surface area contributed by atoms with Crippen molar-refractivity contribution in [3.05, 3.63) is 29.1 Å². The molecule has 1 N–H and O–H groups in total. The number of carbonyl (C=O) groups excluding carboxylic acids is 1. The zero-order chi connectivity index (χ0) is 15.6. The second kappa shape index (κ2) is 6.22. The van der Waals surface area contributed by atoms with Crippen molar-refractivity contribution in [2.45, 2.75) is 26.3 Å². The van der Waals surface area contributed by atoms with Crippen LogP contribution in [0.5, 0.6) is 0 Å². The number of likely N-dealkylation sites (N-methyl/N-ethyl adjacent to an activating group) is 1. The molecular weight excluding hydrogens is 270 g/mol. The number of hydrogen-bond donors (Lipinski definition) is 1. The monoisotopic (exact) mass is 291 g/mol. The Hall–Kier alpha value is -1.95. The zero-order valence-corrected chi connectivity index (χ0v) is 12.7. The summed E-state index contributed by atoms with van der Waals surface area (Å²) in [5, 5.41) is 9.00. The van der Waals surface area contributed by atoms with Crippen LogP contribution in [0, 0.1) is 6.92 Å². The SMILES string of the molecule is CCC1CN(C(=O)c2ccc(C(=O)O)c(C)n2)CCN1C. The van der Waals surface area contributed by atoms with Crippen molar-refractivity contribution in [3.8, 4) is 0 Å². The Morgan fingerprint density at radius 2 is 2.10 bits per heavy atom. The molecule has 1 aromatic heterocycles. The lowest BCUT2D eigenvalue weighted by Crippen LogP contribution is -2.53. The summed E-state index contributed by atoms with van der Waals surface area (Å²) in [6, 6.07) is 3.31. The van der Waals surface area contributed by atoms with Crippen LogP contribution in [0.25, 0.3) is 0 Å². The normalized spacial score (nSPS) is 19.6. The van der Waals surface area contributed by atoms with Gasteiger partial charge in [0.15, 0.2) is 0 Å². The first-order valence-electron chi connectivity index (χ1n) is 7.14. The van der Waals surface area contributed by atoms with E-state index in [0.717, 1.165) is 13.0 Å². The Morgan fingerprint density at radius 1 is 1.38 bits per heavy atom. The number of pyridine rings is 1. The molecule has 0 aliphatic carbocycles. The number of nitrogens with zero attached hydrogens (tertiary/aromatic N) is 3. The van der Waals surface area contributed by atoms with Crippen molar-refractivity contribution >= 4 is 11.9 Å². The van der Waals surface area contributed by atoms with Gasteiger partial charge < -0.3 is 10.0 Å². The quantitative estimate of drug-likeness (QED) is 0.907. The van der Waals surface area contributed by atoms with Gasteiger partial charge in [0, 0.05) is 25.7 Å². The minimum Gasteiger partial charge on any atom is -0.478 e. The summed E-state index contributed by atoms with van der Waals surface area (Å²) in [7, 11) is 2.07. The molecule has 1 aliphatic heterocycles. The number of aryl methyl sites for hydroxylation is 1. The molecule has 1 amide bonds. The van der Waals surface area contributed by atoms with Crippen molar-refractivity contribution in [1.82, 2.24) is 14.8 Å². The molecule has 0 bridgehead atoms. The van der Waals surface area contributed by atoms with E-state index in [4.69, 9.17) is 5.11 Å². The summed E-state index contributed by atoms with van der Waals surface area (Å²) >= 11 is 0. The van der Waals surface area contributed by atoms with Gasteiger partial charge >= 0.3 is 5.97 Å². The summed E-state index contributed by atoms with van der Waals surface area (Å²) in [5.41, 5.74) is 0.822. The van der Waals surface area contributed by atoms with E-state index in [1.807, 2.05) is 0 Å². The highest BCUT2D eigenvalue weighted by atomic mass is 16.4. The topological polar surface area (TPSA) is 73.7 Å². The van der Waals surface area contributed by atoms with Crippen molar-refractivity contribution in [3.63, 3.8) is 0 Å². The van der Waals surface area contributed by atoms with E-state index in [9.17, 15) is 9.59 Å². The van der Waals surface area contributed by atoms with Crippen LogP contribution in [0.1, 0.15) is 39.9 Å². The van der Waals surface area contributed by atoms with Crippen LogP contribution in [0.3, 0.4) is 0 Å². The molecule has 2 rings (SSSR count).